The van der Waals surface area contributed by atoms with Crippen molar-refractivity contribution in [3.8, 4) is 11.8 Å². The van der Waals surface area contributed by atoms with Gasteiger partial charge in [-0.15, -0.1) is 21.5 Å². The highest BCUT2D eigenvalue weighted by atomic mass is 32.1. The number of nitrogens with zero attached hydrogens (tertiary/aromatic N) is 5. The number of methoxy groups -OCH3 is 1. The van der Waals surface area contributed by atoms with Crippen molar-refractivity contribution >= 4 is 22.0 Å². The van der Waals surface area contributed by atoms with Crippen LogP contribution in [0.15, 0.2) is 6.33 Å². The van der Waals surface area contributed by atoms with E-state index in [0.717, 1.165) is 23.9 Å². The fourth-order valence-electron chi connectivity index (χ4n) is 2.14. The first-order valence-electron chi connectivity index (χ1n) is 5.72. The molecule has 1 aliphatic heterocycles. The maximum atomic E-state index is 9.05. The molecule has 0 aromatic carbocycles. The molecule has 2 aromatic heterocycles. The highest BCUT2D eigenvalue weighted by molar-refractivity contribution is 7.17. The SMILES string of the molecule is COc1c(N2CCn3cnnc3C2)sc(C#N)c1N. The lowest BCUT2D eigenvalue weighted by Crippen LogP contribution is -2.33. The lowest BCUT2D eigenvalue weighted by Gasteiger charge is -2.28. The molecule has 0 atom stereocenters. The molecule has 2 aromatic rings. The number of thiophene rings is 1. The zero-order chi connectivity index (χ0) is 13.4. The van der Waals surface area contributed by atoms with E-state index in [1.54, 1.807) is 13.4 Å². The average Bonchev–Trinajstić information content (AvgIpc) is 3.01. The van der Waals surface area contributed by atoms with Crippen molar-refractivity contribution in [3.63, 3.8) is 0 Å². The summed E-state index contributed by atoms with van der Waals surface area (Å²) in [6, 6.07) is 2.10. The molecule has 2 N–H and O–H groups in total. The van der Waals surface area contributed by atoms with E-state index < -0.39 is 0 Å². The molecule has 3 heterocycles. The second-order valence-electron chi connectivity index (χ2n) is 4.16. The molecule has 0 saturated carbocycles. The minimum absolute atomic E-state index is 0.414. The van der Waals surface area contributed by atoms with Crippen LogP contribution in [0.4, 0.5) is 10.7 Å². The third kappa shape index (κ3) is 1.79. The zero-order valence-corrected chi connectivity index (χ0v) is 11.1. The Morgan fingerprint density at radius 3 is 3.11 bits per heavy atom. The van der Waals surface area contributed by atoms with Crippen LogP contribution in [0.25, 0.3) is 0 Å². The molecule has 7 nitrogen and oxygen atoms in total. The number of ether oxygens (including phenoxy) is 1. The van der Waals surface area contributed by atoms with E-state index >= 15 is 0 Å². The summed E-state index contributed by atoms with van der Waals surface area (Å²) in [6.45, 7) is 2.26. The second kappa shape index (κ2) is 4.44. The highest BCUT2D eigenvalue weighted by Crippen LogP contribution is 2.45. The Hall–Kier alpha value is -2.27. The third-order valence-electron chi connectivity index (χ3n) is 3.11. The van der Waals surface area contributed by atoms with Crippen LogP contribution in [0.1, 0.15) is 10.7 Å². The number of anilines is 2. The molecule has 0 unspecified atom stereocenters. The Morgan fingerprint density at radius 1 is 1.53 bits per heavy atom. The normalized spacial score (nSPS) is 14.0. The largest absolute Gasteiger partial charge is 0.492 e. The monoisotopic (exact) mass is 276 g/mol. The van der Waals surface area contributed by atoms with Gasteiger partial charge in [0.2, 0.25) is 0 Å². The van der Waals surface area contributed by atoms with E-state index in [1.165, 1.54) is 11.3 Å². The van der Waals surface area contributed by atoms with E-state index in [-0.39, 0.29) is 0 Å². The van der Waals surface area contributed by atoms with E-state index in [1.807, 2.05) is 4.57 Å². The van der Waals surface area contributed by atoms with E-state index in [0.29, 0.717) is 22.9 Å². The van der Waals surface area contributed by atoms with Crippen molar-refractivity contribution in [2.45, 2.75) is 13.1 Å². The van der Waals surface area contributed by atoms with Crippen molar-refractivity contribution in [2.24, 2.45) is 0 Å². The summed E-state index contributed by atoms with van der Waals surface area (Å²) in [5.74, 6) is 1.48. The standard InChI is InChI=1S/C11H12N6OS/c1-18-10-9(13)7(4-12)19-11(10)16-2-3-17-6-14-15-8(17)5-16/h6H,2-3,5,13H2,1H3. The molecule has 0 amide bonds. The minimum atomic E-state index is 0.414. The number of aromatic nitrogens is 3. The van der Waals surface area contributed by atoms with Gasteiger partial charge in [0, 0.05) is 13.1 Å². The molecule has 0 bridgehead atoms. The zero-order valence-electron chi connectivity index (χ0n) is 10.3. The Morgan fingerprint density at radius 2 is 2.37 bits per heavy atom. The summed E-state index contributed by atoms with van der Waals surface area (Å²) >= 11 is 1.35. The predicted molar refractivity (Wildman–Crippen MR) is 71.1 cm³/mol. The quantitative estimate of drug-likeness (QED) is 0.873. The van der Waals surface area contributed by atoms with Gasteiger partial charge in [-0.1, -0.05) is 0 Å². The number of hydrogen-bond acceptors (Lipinski definition) is 7. The van der Waals surface area contributed by atoms with E-state index in [4.69, 9.17) is 15.7 Å². The first kappa shape index (κ1) is 11.8. The first-order chi connectivity index (χ1) is 9.24. The molecule has 0 spiro atoms. The van der Waals surface area contributed by atoms with Crippen LogP contribution in [0.2, 0.25) is 0 Å². The van der Waals surface area contributed by atoms with Crippen LogP contribution in [0.5, 0.6) is 5.75 Å². The van der Waals surface area contributed by atoms with Crippen molar-refractivity contribution in [3.05, 3.63) is 17.0 Å². The van der Waals surface area contributed by atoms with Gasteiger partial charge in [0.25, 0.3) is 0 Å². The summed E-state index contributed by atoms with van der Waals surface area (Å²) in [5.41, 5.74) is 6.32. The molecule has 0 fully saturated rings. The highest BCUT2D eigenvalue weighted by Gasteiger charge is 2.25. The van der Waals surface area contributed by atoms with E-state index in [9.17, 15) is 0 Å². The topological polar surface area (TPSA) is 93.0 Å². The Bertz CT molecular complexity index is 655. The van der Waals surface area contributed by atoms with Gasteiger partial charge in [0.15, 0.2) is 11.6 Å². The fraction of sp³-hybridized carbons (Fsp3) is 0.364. The first-order valence-corrected chi connectivity index (χ1v) is 6.54. The molecule has 3 rings (SSSR count). The lowest BCUT2D eigenvalue weighted by molar-refractivity contribution is 0.416. The average molecular weight is 276 g/mol. The number of nitriles is 1. The van der Waals surface area contributed by atoms with Crippen molar-refractivity contribution in [2.75, 3.05) is 24.3 Å². The number of nitrogens with two attached hydrogens (primary N) is 1. The smallest absolute Gasteiger partial charge is 0.177 e. The van der Waals surface area contributed by atoms with Crippen LogP contribution in [0, 0.1) is 11.3 Å². The van der Waals surface area contributed by atoms with Crippen molar-refractivity contribution < 1.29 is 4.74 Å². The molecule has 19 heavy (non-hydrogen) atoms. The summed E-state index contributed by atoms with van der Waals surface area (Å²) in [4.78, 5) is 2.60. The van der Waals surface area contributed by atoms with Crippen LogP contribution in [-0.2, 0) is 13.1 Å². The maximum Gasteiger partial charge on any atom is 0.177 e. The molecule has 0 saturated heterocycles. The molecule has 98 valence electrons. The number of rotatable bonds is 2. The van der Waals surface area contributed by atoms with Crippen molar-refractivity contribution in [1.82, 2.24) is 14.8 Å². The van der Waals surface area contributed by atoms with Gasteiger partial charge in [-0.05, 0) is 0 Å². The molecular weight excluding hydrogens is 264 g/mol. The summed E-state index contributed by atoms with van der Waals surface area (Å²) in [5, 5.41) is 17.9. The van der Waals surface area contributed by atoms with Crippen molar-refractivity contribution in [1.29, 1.82) is 5.26 Å². The minimum Gasteiger partial charge on any atom is -0.492 e. The molecule has 0 radical (unpaired) electrons. The summed E-state index contributed by atoms with van der Waals surface area (Å²) in [6.07, 6.45) is 1.73. The van der Waals surface area contributed by atoms with Gasteiger partial charge in [-0.2, -0.15) is 5.26 Å². The molecule has 8 heteroatoms. The van der Waals surface area contributed by atoms with Crippen LogP contribution in [-0.4, -0.2) is 28.4 Å². The van der Waals surface area contributed by atoms with Crippen LogP contribution in [0.3, 0.4) is 0 Å². The predicted octanol–water partition coefficient (Wildman–Crippen LogP) is 0.822. The van der Waals surface area contributed by atoms with Gasteiger partial charge in [0.1, 0.15) is 28.0 Å². The lowest BCUT2D eigenvalue weighted by atomic mass is 10.3. The Kier molecular flexibility index (Phi) is 2.76. The fourth-order valence-corrected chi connectivity index (χ4v) is 3.16. The Labute approximate surface area is 113 Å². The van der Waals surface area contributed by atoms with E-state index in [2.05, 4.69) is 21.2 Å². The number of fused-ring (bicyclic) bond motifs is 1. The second-order valence-corrected chi connectivity index (χ2v) is 5.16. The third-order valence-corrected chi connectivity index (χ3v) is 4.27. The summed E-state index contributed by atoms with van der Waals surface area (Å²) in [7, 11) is 1.56. The number of nitrogen functional groups attached to an aromatic ring is 1. The molecule has 1 aliphatic rings. The van der Waals surface area contributed by atoms with Gasteiger partial charge < -0.3 is 19.9 Å². The Balaban J connectivity index is 1.98. The van der Waals surface area contributed by atoms with Gasteiger partial charge in [0.05, 0.1) is 13.7 Å². The van der Waals surface area contributed by atoms with Gasteiger partial charge in [-0.3, -0.25) is 0 Å². The number of hydrogen-bond donors (Lipinski definition) is 1. The van der Waals surface area contributed by atoms with Gasteiger partial charge in [-0.25, -0.2) is 0 Å². The summed E-state index contributed by atoms with van der Waals surface area (Å²) < 4.78 is 7.35. The van der Waals surface area contributed by atoms with Crippen LogP contribution < -0.4 is 15.4 Å². The maximum absolute atomic E-state index is 9.05. The molecule has 0 aliphatic carbocycles. The van der Waals surface area contributed by atoms with Crippen LogP contribution >= 0.6 is 11.3 Å². The van der Waals surface area contributed by atoms with Gasteiger partial charge >= 0.3 is 0 Å². The molecular formula is C11H12N6OS.